The zero-order chi connectivity index (χ0) is 16.9. The molecule has 0 radical (unpaired) electrons. The number of benzene rings is 2. The molecule has 0 saturated heterocycles. The molecule has 3 nitrogen and oxygen atoms in total. The van der Waals surface area contributed by atoms with Gasteiger partial charge in [0.25, 0.3) is 5.91 Å². The topological polar surface area (TPSA) is 42.0 Å². The number of hydrogen-bond donors (Lipinski definition) is 1. The van der Waals surface area contributed by atoms with E-state index in [-0.39, 0.29) is 5.91 Å². The standard InChI is InChI=1S/C19H13ClN2OS/c1-2-16-22-17(18(24-16)14-8-4-3-5-9-14)19(23)21-12-13-7-6-10-15(20)11-13/h1,3-11H,12H2,(H,21,23). The van der Waals surface area contributed by atoms with E-state index in [4.69, 9.17) is 18.0 Å². The molecule has 1 heterocycles. The monoisotopic (exact) mass is 352 g/mol. The number of carbonyl (C=O) groups is 1. The Morgan fingerprint density at radius 2 is 2.00 bits per heavy atom. The minimum Gasteiger partial charge on any atom is -0.347 e. The molecule has 3 aromatic rings. The van der Waals surface area contributed by atoms with E-state index in [0.29, 0.717) is 22.3 Å². The summed E-state index contributed by atoms with van der Waals surface area (Å²) in [6.45, 7) is 0.372. The highest BCUT2D eigenvalue weighted by Crippen LogP contribution is 2.30. The van der Waals surface area contributed by atoms with E-state index >= 15 is 0 Å². The minimum atomic E-state index is -0.258. The molecule has 118 valence electrons. The Labute approximate surface area is 149 Å². The average molecular weight is 353 g/mol. The number of rotatable bonds is 4. The first-order valence-corrected chi connectivity index (χ1v) is 8.42. The molecule has 0 spiro atoms. The molecule has 3 rings (SSSR count). The van der Waals surface area contributed by atoms with Crippen LogP contribution in [0.15, 0.2) is 54.6 Å². The van der Waals surface area contributed by atoms with Crippen LogP contribution in [0.2, 0.25) is 5.02 Å². The van der Waals surface area contributed by atoms with Crippen LogP contribution in [0.1, 0.15) is 21.1 Å². The van der Waals surface area contributed by atoms with Crippen LogP contribution in [-0.2, 0) is 6.54 Å². The Bertz CT molecular complexity index is 913. The molecule has 0 unspecified atom stereocenters. The smallest absolute Gasteiger partial charge is 0.271 e. The summed E-state index contributed by atoms with van der Waals surface area (Å²) in [6.07, 6.45) is 5.44. The summed E-state index contributed by atoms with van der Waals surface area (Å²) < 4.78 is 0. The van der Waals surface area contributed by atoms with Crippen molar-refractivity contribution in [3.05, 3.63) is 75.9 Å². The maximum Gasteiger partial charge on any atom is 0.271 e. The number of halogens is 1. The summed E-state index contributed by atoms with van der Waals surface area (Å²) in [7, 11) is 0. The lowest BCUT2D eigenvalue weighted by atomic mass is 10.1. The quantitative estimate of drug-likeness (QED) is 0.708. The lowest BCUT2D eigenvalue weighted by Crippen LogP contribution is -2.23. The van der Waals surface area contributed by atoms with Crippen molar-refractivity contribution in [2.45, 2.75) is 6.54 Å². The highest BCUT2D eigenvalue weighted by molar-refractivity contribution is 7.16. The fourth-order valence-corrected chi connectivity index (χ4v) is 3.32. The van der Waals surface area contributed by atoms with Gasteiger partial charge in [-0.1, -0.05) is 54.1 Å². The van der Waals surface area contributed by atoms with Gasteiger partial charge in [0.1, 0.15) is 5.69 Å². The van der Waals surface area contributed by atoms with E-state index in [0.717, 1.165) is 16.0 Å². The van der Waals surface area contributed by atoms with Gasteiger partial charge in [-0.2, -0.15) is 0 Å². The van der Waals surface area contributed by atoms with Crippen LogP contribution < -0.4 is 5.32 Å². The number of terminal acetylenes is 1. The van der Waals surface area contributed by atoms with Crippen molar-refractivity contribution in [2.24, 2.45) is 0 Å². The second-order valence-corrected chi connectivity index (χ2v) is 6.46. The van der Waals surface area contributed by atoms with Gasteiger partial charge < -0.3 is 5.32 Å². The van der Waals surface area contributed by atoms with Crippen molar-refractivity contribution in [2.75, 3.05) is 0 Å². The Kier molecular flexibility index (Phi) is 4.95. The summed E-state index contributed by atoms with van der Waals surface area (Å²) in [5, 5.41) is 3.99. The van der Waals surface area contributed by atoms with Crippen LogP contribution in [0.5, 0.6) is 0 Å². The molecule has 1 aromatic heterocycles. The number of carbonyl (C=O) groups excluding carboxylic acids is 1. The molecular formula is C19H13ClN2OS. The molecule has 1 amide bonds. The number of aromatic nitrogens is 1. The molecular weight excluding hydrogens is 340 g/mol. The third-order valence-corrected chi connectivity index (χ3v) is 4.61. The molecule has 0 saturated carbocycles. The van der Waals surface area contributed by atoms with E-state index in [1.54, 1.807) is 6.07 Å². The van der Waals surface area contributed by atoms with Crippen LogP contribution in [0.4, 0.5) is 0 Å². The van der Waals surface area contributed by atoms with Gasteiger partial charge in [0.05, 0.1) is 4.88 Å². The number of thiazole rings is 1. The normalized spacial score (nSPS) is 10.2. The summed E-state index contributed by atoms with van der Waals surface area (Å²) in [4.78, 5) is 17.6. The lowest BCUT2D eigenvalue weighted by Gasteiger charge is -2.06. The Balaban J connectivity index is 1.84. The molecule has 1 N–H and O–H groups in total. The molecule has 2 aromatic carbocycles. The van der Waals surface area contributed by atoms with Crippen molar-refractivity contribution >= 4 is 28.8 Å². The summed E-state index contributed by atoms with van der Waals surface area (Å²) >= 11 is 7.29. The van der Waals surface area contributed by atoms with Crippen molar-refractivity contribution in [1.29, 1.82) is 0 Å². The first-order chi connectivity index (χ1) is 11.7. The van der Waals surface area contributed by atoms with Crippen molar-refractivity contribution < 1.29 is 4.79 Å². The zero-order valence-corrected chi connectivity index (χ0v) is 14.2. The van der Waals surface area contributed by atoms with Crippen molar-refractivity contribution in [1.82, 2.24) is 10.3 Å². The zero-order valence-electron chi connectivity index (χ0n) is 12.6. The Morgan fingerprint density at radius 3 is 2.71 bits per heavy atom. The molecule has 0 bridgehead atoms. The van der Waals surface area contributed by atoms with E-state index in [1.165, 1.54) is 11.3 Å². The molecule has 24 heavy (non-hydrogen) atoms. The number of hydrogen-bond acceptors (Lipinski definition) is 3. The molecule has 0 aliphatic rings. The number of nitrogens with one attached hydrogen (secondary N) is 1. The predicted octanol–water partition coefficient (Wildman–Crippen LogP) is 4.37. The highest BCUT2D eigenvalue weighted by atomic mass is 35.5. The molecule has 0 aliphatic carbocycles. The van der Waals surface area contributed by atoms with Gasteiger partial charge >= 0.3 is 0 Å². The maximum absolute atomic E-state index is 12.6. The van der Waals surface area contributed by atoms with E-state index in [2.05, 4.69) is 16.2 Å². The summed E-state index contributed by atoms with van der Waals surface area (Å²) in [5.41, 5.74) is 2.19. The van der Waals surface area contributed by atoms with Crippen molar-refractivity contribution in [3.8, 4) is 22.8 Å². The van der Waals surface area contributed by atoms with Crippen LogP contribution in [0.25, 0.3) is 10.4 Å². The lowest BCUT2D eigenvalue weighted by molar-refractivity contribution is 0.0947. The first-order valence-electron chi connectivity index (χ1n) is 7.23. The maximum atomic E-state index is 12.6. The fraction of sp³-hybridized carbons (Fsp3) is 0.0526. The molecule has 0 fully saturated rings. The fourth-order valence-electron chi connectivity index (χ4n) is 2.23. The highest BCUT2D eigenvalue weighted by Gasteiger charge is 2.18. The number of amides is 1. The van der Waals surface area contributed by atoms with Gasteiger partial charge in [-0.05, 0) is 29.2 Å². The number of nitrogens with zero attached hydrogens (tertiary/aromatic N) is 1. The van der Waals surface area contributed by atoms with Gasteiger partial charge in [0.15, 0.2) is 5.01 Å². The van der Waals surface area contributed by atoms with E-state index in [1.807, 2.05) is 48.5 Å². The van der Waals surface area contributed by atoms with E-state index < -0.39 is 0 Å². The van der Waals surface area contributed by atoms with Gasteiger partial charge in [-0.15, -0.1) is 17.8 Å². The largest absolute Gasteiger partial charge is 0.347 e. The minimum absolute atomic E-state index is 0.258. The predicted molar refractivity (Wildman–Crippen MR) is 98.1 cm³/mol. The van der Waals surface area contributed by atoms with Gasteiger partial charge in [-0.3, -0.25) is 4.79 Å². The van der Waals surface area contributed by atoms with Crippen LogP contribution in [0.3, 0.4) is 0 Å². The average Bonchev–Trinajstić information content (AvgIpc) is 3.05. The molecule has 0 atom stereocenters. The molecule has 5 heteroatoms. The van der Waals surface area contributed by atoms with Gasteiger partial charge in [0.2, 0.25) is 0 Å². The van der Waals surface area contributed by atoms with Crippen LogP contribution >= 0.6 is 22.9 Å². The molecule has 0 aliphatic heterocycles. The van der Waals surface area contributed by atoms with Gasteiger partial charge in [0, 0.05) is 11.6 Å². The van der Waals surface area contributed by atoms with Crippen molar-refractivity contribution in [3.63, 3.8) is 0 Å². The SMILES string of the molecule is C#Cc1nc(C(=O)NCc2cccc(Cl)c2)c(-c2ccccc2)s1. The van der Waals surface area contributed by atoms with Crippen LogP contribution in [-0.4, -0.2) is 10.9 Å². The first kappa shape index (κ1) is 16.3. The summed E-state index contributed by atoms with van der Waals surface area (Å²) in [6, 6.07) is 17.0. The van der Waals surface area contributed by atoms with E-state index in [9.17, 15) is 4.79 Å². The Morgan fingerprint density at radius 1 is 1.21 bits per heavy atom. The second kappa shape index (κ2) is 7.31. The van der Waals surface area contributed by atoms with Gasteiger partial charge in [-0.25, -0.2) is 4.98 Å². The second-order valence-electron chi connectivity index (χ2n) is 5.02. The third-order valence-electron chi connectivity index (χ3n) is 3.34. The van der Waals surface area contributed by atoms with Crippen LogP contribution in [0, 0.1) is 12.3 Å². The third kappa shape index (κ3) is 3.65. The Hall–Kier alpha value is -2.61. The summed E-state index contributed by atoms with van der Waals surface area (Å²) in [5.74, 6) is 2.25.